The van der Waals surface area contributed by atoms with Crippen LogP contribution in [0, 0.1) is 0 Å². The monoisotopic (exact) mass is 308 g/mol. The highest BCUT2D eigenvalue weighted by Gasteiger charge is 2.38. The fourth-order valence-electron chi connectivity index (χ4n) is 3.04. The van der Waals surface area contributed by atoms with E-state index in [4.69, 9.17) is 9.84 Å². The molecule has 120 valence electrons. The Bertz CT molecular complexity index is 553. The molecule has 22 heavy (non-hydrogen) atoms. The summed E-state index contributed by atoms with van der Waals surface area (Å²) >= 11 is 0. The van der Waals surface area contributed by atoms with Crippen molar-refractivity contribution in [3.8, 4) is 5.75 Å². The van der Waals surface area contributed by atoms with Gasteiger partial charge in [0.1, 0.15) is 5.75 Å². The van der Waals surface area contributed by atoms with E-state index in [9.17, 15) is 14.7 Å². The number of nitrogens with one attached hydrogen (secondary N) is 2. The summed E-state index contributed by atoms with van der Waals surface area (Å²) in [5.74, 6) is 0.662. The van der Waals surface area contributed by atoms with Gasteiger partial charge in [-0.3, -0.25) is 0 Å². The summed E-state index contributed by atoms with van der Waals surface area (Å²) in [6.45, 7) is 0. The van der Waals surface area contributed by atoms with Crippen LogP contribution in [0.25, 0.3) is 0 Å². The lowest BCUT2D eigenvalue weighted by Crippen LogP contribution is -2.50. The Morgan fingerprint density at radius 1 is 1.23 bits per heavy atom. The Kier molecular flexibility index (Phi) is 4.75. The van der Waals surface area contributed by atoms with Crippen LogP contribution in [0.4, 0.5) is 9.59 Å². The highest BCUT2D eigenvalue weighted by molar-refractivity contribution is 5.66. The summed E-state index contributed by atoms with van der Waals surface area (Å²) in [7, 11) is 1.56. The highest BCUT2D eigenvalue weighted by Crippen LogP contribution is 2.38. The molecule has 0 bridgehead atoms. The molecule has 0 heterocycles. The van der Waals surface area contributed by atoms with Crippen LogP contribution in [0.5, 0.6) is 5.75 Å². The van der Waals surface area contributed by atoms with Crippen molar-refractivity contribution in [2.24, 2.45) is 0 Å². The van der Waals surface area contributed by atoms with E-state index < -0.39 is 17.7 Å². The van der Waals surface area contributed by atoms with Gasteiger partial charge in [-0.1, -0.05) is 12.1 Å². The van der Waals surface area contributed by atoms with Gasteiger partial charge in [-0.15, -0.1) is 0 Å². The molecule has 0 aromatic heterocycles. The van der Waals surface area contributed by atoms with E-state index in [0.717, 1.165) is 5.56 Å². The Labute approximate surface area is 128 Å². The molecule has 0 radical (unpaired) electrons. The first-order chi connectivity index (χ1) is 10.4. The van der Waals surface area contributed by atoms with Crippen LogP contribution in [0.3, 0.4) is 0 Å². The standard InChI is InChI=1S/C15H20N2O5/c1-22-12-4-2-3-10(9-12)15(17-14(20)21)7-5-11(6-8-15)16-13(18)19/h2-4,9,11,16-17H,5-8H2,1H3,(H,18,19)(H,20,21)/t11-,15-. The van der Waals surface area contributed by atoms with E-state index in [0.29, 0.717) is 31.4 Å². The maximum atomic E-state index is 11.2. The molecule has 7 heteroatoms. The van der Waals surface area contributed by atoms with Crippen LogP contribution in [-0.2, 0) is 5.54 Å². The minimum atomic E-state index is -1.09. The number of hydrogen-bond donors (Lipinski definition) is 4. The molecule has 0 saturated heterocycles. The normalized spacial score (nSPS) is 24.3. The summed E-state index contributed by atoms with van der Waals surface area (Å²) < 4.78 is 5.20. The average Bonchev–Trinajstić information content (AvgIpc) is 2.48. The van der Waals surface area contributed by atoms with Gasteiger partial charge in [0.2, 0.25) is 0 Å². The maximum Gasteiger partial charge on any atom is 0.405 e. The lowest BCUT2D eigenvalue weighted by Gasteiger charge is -2.40. The van der Waals surface area contributed by atoms with Crippen molar-refractivity contribution in [2.75, 3.05) is 7.11 Å². The first kappa shape index (κ1) is 15.9. The Morgan fingerprint density at radius 2 is 1.91 bits per heavy atom. The van der Waals surface area contributed by atoms with Crippen LogP contribution >= 0.6 is 0 Å². The smallest absolute Gasteiger partial charge is 0.405 e. The Morgan fingerprint density at radius 3 is 2.45 bits per heavy atom. The number of benzene rings is 1. The second kappa shape index (κ2) is 6.55. The number of methoxy groups -OCH3 is 1. The molecule has 7 nitrogen and oxygen atoms in total. The predicted octanol–water partition coefficient (Wildman–Crippen LogP) is 2.37. The van der Waals surface area contributed by atoms with Crippen molar-refractivity contribution in [1.29, 1.82) is 0 Å². The highest BCUT2D eigenvalue weighted by atomic mass is 16.5. The third kappa shape index (κ3) is 3.60. The molecule has 2 amide bonds. The van der Waals surface area contributed by atoms with Crippen LogP contribution in [0.1, 0.15) is 31.2 Å². The van der Waals surface area contributed by atoms with Gasteiger partial charge in [0.25, 0.3) is 0 Å². The van der Waals surface area contributed by atoms with Gasteiger partial charge < -0.3 is 25.6 Å². The van der Waals surface area contributed by atoms with E-state index >= 15 is 0 Å². The van der Waals surface area contributed by atoms with E-state index in [-0.39, 0.29) is 6.04 Å². The molecule has 1 aromatic rings. The number of hydrogen-bond acceptors (Lipinski definition) is 3. The van der Waals surface area contributed by atoms with E-state index in [1.165, 1.54) is 0 Å². The van der Waals surface area contributed by atoms with Gasteiger partial charge in [-0.2, -0.15) is 0 Å². The topological polar surface area (TPSA) is 108 Å². The zero-order valence-electron chi connectivity index (χ0n) is 12.3. The number of carboxylic acid groups (broad SMARTS) is 2. The van der Waals surface area contributed by atoms with Crippen molar-refractivity contribution in [3.05, 3.63) is 29.8 Å². The summed E-state index contributed by atoms with van der Waals surface area (Å²) in [5.41, 5.74) is 0.125. The van der Waals surface area contributed by atoms with Gasteiger partial charge >= 0.3 is 12.2 Å². The molecule has 1 aromatic carbocycles. The third-order valence-electron chi connectivity index (χ3n) is 4.14. The molecule has 1 aliphatic carbocycles. The Balaban J connectivity index is 2.22. The van der Waals surface area contributed by atoms with Crippen molar-refractivity contribution in [1.82, 2.24) is 10.6 Å². The molecule has 4 N–H and O–H groups in total. The lowest BCUT2D eigenvalue weighted by atomic mass is 9.75. The van der Waals surface area contributed by atoms with Crippen molar-refractivity contribution < 1.29 is 24.5 Å². The second-order valence-electron chi connectivity index (χ2n) is 5.47. The molecule has 1 saturated carbocycles. The molecular formula is C15H20N2O5. The zero-order chi connectivity index (χ0) is 16.2. The molecule has 0 spiro atoms. The van der Waals surface area contributed by atoms with Gasteiger partial charge in [0.15, 0.2) is 0 Å². The van der Waals surface area contributed by atoms with Crippen LogP contribution in [0.2, 0.25) is 0 Å². The van der Waals surface area contributed by atoms with Gasteiger partial charge in [0.05, 0.1) is 12.6 Å². The van der Waals surface area contributed by atoms with Crippen molar-refractivity contribution >= 4 is 12.2 Å². The Hall–Kier alpha value is -2.44. The zero-order valence-corrected chi connectivity index (χ0v) is 12.3. The minimum Gasteiger partial charge on any atom is -0.497 e. The first-order valence-corrected chi connectivity index (χ1v) is 7.10. The predicted molar refractivity (Wildman–Crippen MR) is 79.2 cm³/mol. The molecule has 0 atom stereocenters. The van der Waals surface area contributed by atoms with E-state index in [1.54, 1.807) is 13.2 Å². The maximum absolute atomic E-state index is 11.2. The van der Waals surface area contributed by atoms with E-state index in [1.807, 2.05) is 18.2 Å². The van der Waals surface area contributed by atoms with Crippen LogP contribution in [-0.4, -0.2) is 35.6 Å². The quantitative estimate of drug-likeness (QED) is 0.683. The summed E-state index contributed by atoms with van der Waals surface area (Å²) in [6.07, 6.45) is 0.0557. The number of amides is 2. The van der Waals surface area contributed by atoms with Gasteiger partial charge in [-0.05, 0) is 43.4 Å². The number of carbonyl (C=O) groups is 2. The van der Waals surface area contributed by atoms with Crippen LogP contribution < -0.4 is 15.4 Å². The molecule has 1 aliphatic rings. The fourth-order valence-corrected chi connectivity index (χ4v) is 3.04. The van der Waals surface area contributed by atoms with Crippen LogP contribution in [0.15, 0.2) is 24.3 Å². The molecule has 1 fully saturated rings. The SMILES string of the molecule is COc1cccc([C@]2(NC(=O)O)CC[C@H](NC(=O)O)CC2)c1. The van der Waals surface area contributed by atoms with E-state index in [2.05, 4.69) is 10.6 Å². The molecule has 0 aliphatic heterocycles. The van der Waals surface area contributed by atoms with Gasteiger partial charge in [-0.25, -0.2) is 9.59 Å². The summed E-state index contributed by atoms with van der Waals surface area (Å²) in [4.78, 5) is 21.9. The molecule has 2 rings (SSSR count). The summed E-state index contributed by atoms with van der Waals surface area (Å²) in [6, 6.07) is 7.16. The fraction of sp³-hybridized carbons (Fsp3) is 0.467. The molecule has 0 unspecified atom stereocenters. The summed E-state index contributed by atoms with van der Waals surface area (Å²) in [5, 5.41) is 23.1. The molecular weight excluding hydrogens is 288 g/mol. The number of ether oxygens (including phenoxy) is 1. The van der Waals surface area contributed by atoms with Crippen molar-refractivity contribution in [2.45, 2.75) is 37.3 Å². The number of rotatable bonds is 4. The van der Waals surface area contributed by atoms with Gasteiger partial charge in [0, 0.05) is 6.04 Å². The average molecular weight is 308 g/mol. The first-order valence-electron chi connectivity index (χ1n) is 7.10. The minimum absolute atomic E-state index is 0.146. The largest absolute Gasteiger partial charge is 0.497 e. The second-order valence-corrected chi connectivity index (χ2v) is 5.47. The lowest BCUT2D eigenvalue weighted by molar-refractivity contribution is 0.148. The third-order valence-corrected chi connectivity index (χ3v) is 4.14. The van der Waals surface area contributed by atoms with Crippen molar-refractivity contribution in [3.63, 3.8) is 0 Å².